The van der Waals surface area contributed by atoms with Gasteiger partial charge in [-0.05, 0) is 67.8 Å². The van der Waals surface area contributed by atoms with E-state index in [9.17, 15) is 19.5 Å². The Balaban J connectivity index is 1.50. The molecule has 1 fully saturated rings. The average molecular weight is 718 g/mol. The van der Waals surface area contributed by atoms with Crippen molar-refractivity contribution < 1.29 is 48.2 Å². The molecule has 14 heteroatoms. The molecule has 276 valence electrons. The third kappa shape index (κ3) is 8.49. The monoisotopic (exact) mass is 717 g/mol. The molecule has 1 aliphatic rings. The fraction of sp³-hybridized carbons (Fsp3) is 0.368. The molecule has 52 heavy (non-hydrogen) atoms. The number of aromatic nitrogens is 2. The second-order valence-corrected chi connectivity index (χ2v) is 13.0. The van der Waals surface area contributed by atoms with E-state index in [-0.39, 0.29) is 12.4 Å². The second kappa shape index (κ2) is 16.5. The molecular formula is C38H43N3O11. The van der Waals surface area contributed by atoms with Gasteiger partial charge in [-0.3, -0.25) is 14.2 Å². The van der Waals surface area contributed by atoms with E-state index in [1.54, 1.807) is 35.0 Å². The van der Waals surface area contributed by atoms with Gasteiger partial charge in [0.1, 0.15) is 41.2 Å². The molecule has 1 aliphatic heterocycles. The van der Waals surface area contributed by atoms with Crippen molar-refractivity contribution >= 4 is 17.7 Å². The number of methoxy groups -OCH3 is 2. The van der Waals surface area contributed by atoms with Gasteiger partial charge in [0.15, 0.2) is 13.0 Å². The Morgan fingerprint density at radius 3 is 1.98 bits per heavy atom. The Hall–Kier alpha value is -5.12. The average Bonchev–Trinajstić information content (AvgIpc) is 3.44. The van der Waals surface area contributed by atoms with Crippen LogP contribution in [0.4, 0.5) is 5.82 Å². The lowest BCUT2D eigenvalue weighted by molar-refractivity contribution is -0.326. The van der Waals surface area contributed by atoms with Gasteiger partial charge in [0.25, 0.3) is 0 Å². The highest BCUT2D eigenvalue weighted by Gasteiger charge is 2.48. The molecule has 4 aromatic rings. The number of anilines is 1. The van der Waals surface area contributed by atoms with Gasteiger partial charge < -0.3 is 34.1 Å². The normalized spacial score (nSPS) is 18.8. The van der Waals surface area contributed by atoms with Crippen LogP contribution in [0.5, 0.6) is 11.5 Å². The number of nitrogens with zero attached hydrogens (tertiary/aromatic N) is 2. The van der Waals surface area contributed by atoms with E-state index in [0.717, 1.165) is 21.3 Å². The molecule has 0 radical (unpaired) electrons. The summed E-state index contributed by atoms with van der Waals surface area (Å²) in [5, 5.41) is 14.2. The second-order valence-electron chi connectivity index (χ2n) is 13.0. The molecule has 1 aromatic heterocycles. The third-order valence-electron chi connectivity index (χ3n) is 8.41. The number of benzene rings is 3. The van der Waals surface area contributed by atoms with Crippen LogP contribution in [0, 0.1) is 5.41 Å². The van der Waals surface area contributed by atoms with Gasteiger partial charge in [0, 0.05) is 13.1 Å². The summed E-state index contributed by atoms with van der Waals surface area (Å²) in [6.45, 7) is 5.48. The van der Waals surface area contributed by atoms with E-state index < -0.39 is 59.9 Å². The quantitative estimate of drug-likeness (QED) is 0.0624. The van der Waals surface area contributed by atoms with Crippen LogP contribution in [0.15, 0.2) is 95.9 Å². The number of carbonyl (C=O) groups excluding carboxylic acids is 2. The number of hydrogen-bond acceptors (Lipinski definition) is 12. The third-order valence-corrected chi connectivity index (χ3v) is 8.41. The smallest absolute Gasteiger partial charge is 0.351 e. The number of aliphatic hydroxyl groups is 1. The Morgan fingerprint density at radius 2 is 1.46 bits per heavy atom. The molecule has 5 rings (SSSR count). The number of aliphatic hydroxyl groups excluding tert-OH is 1. The minimum Gasteiger partial charge on any atom is -0.497 e. The molecule has 2 N–H and O–H groups in total. The number of ether oxygens (including phenoxy) is 5. The van der Waals surface area contributed by atoms with Gasteiger partial charge in [-0.1, -0.05) is 54.6 Å². The van der Waals surface area contributed by atoms with Crippen molar-refractivity contribution in [3.05, 3.63) is 118 Å². The van der Waals surface area contributed by atoms with Crippen LogP contribution in [0.2, 0.25) is 0 Å². The number of carbonyl (C=O) groups is 2. The predicted octanol–water partition coefficient (Wildman–Crippen LogP) is 4.35. The van der Waals surface area contributed by atoms with Gasteiger partial charge >= 0.3 is 11.7 Å². The Labute approximate surface area is 301 Å². The zero-order valence-electron chi connectivity index (χ0n) is 29.8. The fourth-order valence-electron chi connectivity index (χ4n) is 5.71. The molecule has 0 bridgehead atoms. The summed E-state index contributed by atoms with van der Waals surface area (Å²) < 4.78 is 31.1. The highest BCUT2D eigenvalue weighted by atomic mass is 17.2. The Bertz CT molecular complexity index is 1810. The van der Waals surface area contributed by atoms with Crippen molar-refractivity contribution in [3.8, 4) is 11.5 Å². The maximum Gasteiger partial charge on any atom is 0.351 e. The van der Waals surface area contributed by atoms with Crippen molar-refractivity contribution in [2.45, 2.75) is 57.8 Å². The summed E-state index contributed by atoms with van der Waals surface area (Å²) in [4.78, 5) is 50.8. The van der Waals surface area contributed by atoms with E-state index in [4.69, 9.17) is 33.5 Å². The first-order chi connectivity index (χ1) is 24.9. The zero-order valence-corrected chi connectivity index (χ0v) is 29.8. The van der Waals surface area contributed by atoms with Gasteiger partial charge in [0.05, 0.1) is 26.2 Å². The van der Waals surface area contributed by atoms with Crippen LogP contribution in [0.1, 0.15) is 50.6 Å². The summed E-state index contributed by atoms with van der Waals surface area (Å²) in [5.41, 5.74) is -0.567. The van der Waals surface area contributed by atoms with Crippen molar-refractivity contribution in [1.29, 1.82) is 0 Å². The molecule has 0 aliphatic carbocycles. The van der Waals surface area contributed by atoms with E-state index in [1.807, 2.05) is 78.9 Å². The summed E-state index contributed by atoms with van der Waals surface area (Å²) >= 11 is 0. The number of nitrogens with one attached hydrogen (secondary N) is 1. The van der Waals surface area contributed by atoms with E-state index in [1.165, 1.54) is 19.2 Å². The number of rotatable bonds is 14. The molecule has 3 aromatic carbocycles. The van der Waals surface area contributed by atoms with Gasteiger partial charge in [-0.25, -0.2) is 9.59 Å². The molecule has 1 amide bonds. The Kier molecular flexibility index (Phi) is 12.1. The molecule has 0 saturated carbocycles. The topological polar surface area (TPSA) is 166 Å². The highest BCUT2D eigenvalue weighted by molar-refractivity contribution is 5.87. The van der Waals surface area contributed by atoms with Crippen LogP contribution in [-0.2, 0) is 39.2 Å². The van der Waals surface area contributed by atoms with Gasteiger partial charge in [-0.2, -0.15) is 9.87 Å². The molecule has 0 spiro atoms. The SMILES string of the molecule is COc1ccc(C(OC[C@H]2O[C@@H](n3ccc(NC(C)=O)nc3=O)[C@H](OCOOC(=O)C(C)(C)C)[C@@H]2O)(c2ccccc2)c2ccc(OC)cc2)cc1. The largest absolute Gasteiger partial charge is 0.497 e. The van der Waals surface area contributed by atoms with Gasteiger partial charge in [0.2, 0.25) is 5.91 Å². The van der Waals surface area contributed by atoms with Crippen LogP contribution in [0.25, 0.3) is 0 Å². The molecule has 4 atom stereocenters. The summed E-state index contributed by atoms with van der Waals surface area (Å²) in [5.74, 6) is 0.293. The number of hydrogen-bond donors (Lipinski definition) is 2. The maximum atomic E-state index is 13.2. The zero-order chi connectivity index (χ0) is 37.5. The van der Waals surface area contributed by atoms with Crippen molar-refractivity contribution in [2.75, 3.05) is 32.9 Å². The molecule has 14 nitrogen and oxygen atoms in total. The van der Waals surface area contributed by atoms with Crippen LogP contribution >= 0.6 is 0 Å². The van der Waals surface area contributed by atoms with E-state index >= 15 is 0 Å². The minimum absolute atomic E-state index is 0.0358. The van der Waals surface area contributed by atoms with E-state index in [0.29, 0.717) is 11.5 Å². The first kappa shape index (κ1) is 38.1. The van der Waals surface area contributed by atoms with Crippen LogP contribution < -0.4 is 20.5 Å². The summed E-state index contributed by atoms with van der Waals surface area (Å²) in [7, 11) is 3.17. The van der Waals surface area contributed by atoms with Crippen LogP contribution in [-0.4, -0.2) is 72.5 Å². The van der Waals surface area contributed by atoms with E-state index in [2.05, 4.69) is 10.3 Å². The molecule has 2 heterocycles. The van der Waals surface area contributed by atoms with Crippen molar-refractivity contribution in [2.24, 2.45) is 5.41 Å². The van der Waals surface area contributed by atoms with Gasteiger partial charge in [-0.15, -0.1) is 0 Å². The summed E-state index contributed by atoms with van der Waals surface area (Å²) in [6, 6.07) is 25.9. The van der Waals surface area contributed by atoms with Crippen molar-refractivity contribution in [3.63, 3.8) is 0 Å². The maximum absolute atomic E-state index is 13.2. The molecular weight excluding hydrogens is 674 g/mol. The van der Waals surface area contributed by atoms with Crippen molar-refractivity contribution in [1.82, 2.24) is 9.55 Å². The minimum atomic E-state index is -1.38. The van der Waals surface area contributed by atoms with Crippen LogP contribution in [0.3, 0.4) is 0 Å². The predicted molar refractivity (Wildman–Crippen MR) is 187 cm³/mol. The fourth-order valence-corrected chi connectivity index (χ4v) is 5.71. The molecule has 1 saturated heterocycles. The number of amides is 1. The Morgan fingerprint density at radius 1 is 0.885 bits per heavy atom. The lowest BCUT2D eigenvalue weighted by Crippen LogP contribution is -2.41. The lowest BCUT2D eigenvalue weighted by Gasteiger charge is -2.37. The highest BCUT2D eigenvalue weighted by Crippen LogP contribution is 2.43. The lowest BCUT2D eigenvalue weighted by atomic mass is 9.80. The standard InChI is InChI=1S/C38H43N3O11/c1-24(42)39-31-20-21-41(36(45)40-31)34-33(48-23-50-52-35(44)37(2,3)4)32(43)30(51-34)22-49-38(25-10-8-7-9-11-25,26-12-16-28(46-5)17-13-26)27-14-18-29(47-6)19-15-27/h7-21,30,32-34,43H,22-23H2,1-6H3,(H,39,40,42,45)/t30-,32-,33-,34-/m1/s1. The molecule has 0 unspecified atom stereocenters. The summed E-state index contributed by atoms with van der Waals surface area (Å²) in [6.07, 6.45) is -3.53. The first-order valence-corrected chi connectivity index (χ1v) is 16.5. The first-order valence-electron chi connectivity index (χ1n) is 16.5.